The van der Waals surface area contributed by atoms with E-state index in [9.17, 15) is 0 Å². The predicted molar refractivity (Wildman–Crippen MR) is 342 cm³/mol. The normalized spacial score (nSPS) is 13.2. The summed E-state index contributed by atoms with van der Waals surface area (Å²) in [6.07, 6.45) is 3.68. The van der Waals surface area contributed by atoms with Gasteiger partial charge in [-0.15, -0.1) is 0 Å². The second-order valence-electron chi connectivity index (χ2n) is 22.0. The molecule has 0 fully saturated rings. The van der Waals surface area contributed by atoms with E-state index < -0.39 is 10.8 Å². The number of benzene rings is 11. The minimum atomic E-state index is -0.596. The van der Waals surface area contributed by atoms with E-state index in [4.69, 9.17) is 9.97 Å². The monoisotopic (exact) mass is 1070 g/mol. The van der Waals surface area contributed by atoms with Crippen LogP contribution >= 0.6 is 0 Å². The molecule has 0 bridgehead atoms. The minimum Gasteiger partial charge on any atom is -0.256 e. The predicted octanol–water partition coefficient (Wildman–Crippen LogP) is 19.1. The molecule has 16 rings (SSSR count). The van der Waals surface area contributed by atoms with Crippen molar-refractivity contribution in [2.45, 2.75) is 10.8 Å². The van der Waals surface area contributed by atoms with Crippen molar-refractivity contribution in [2.75, 3.05) is 0 Å². The summed E-state index contributed by atoms with van der Waals surface area (Å²) < 4.78 is 0. The topological polar surface area (TPSA) is 51.6 Å². The first-order valence-corrected chi connectivity index (χ1v) is 28.8. The van der Waals surface area contributed by atoms with Crippen LogP contribution in [-0.2, 0) is 10.8 Å². The molecule has 0 unspecified atom stereocenters. The van der Waals surface area contributed by atoms with Gasteiger partial charge in [0.05, 0.1) is 44.6 Å². The molecule has 14 aromatic rings. The SMILES string of the molecule is c1ccc(C2(c3ccccc3)c3ccccc3-c3ccc(-c4cc5nc(-c6ccc(-c7ccccn7)cc6)c(-c6ccc(-c7ccccn7)cc6)nc5cc4-c4ccc5c(c4)C(c4ccccc4)(c4ccccc4)c4ccccc4-5)cc32)cc1. The van der Waals surface area contributed by atoms with E-state index >= 15 is 0 Å². The minimum absolute atomic E-state index is 0.596. The Hall–Kier alpha value is -10.9. The van der Waals surface area contributed by atoms with Crippen LogP contribution in [-0.4, -0.2) is 19.9 Å². The second kappa shape index (κ2) is 19.9. The van der Waals surface area contributed by atoms with Crippen molar-refractivity contribution < 1.29 is 0 Å². The van der Waals surface area contributed by atoms with E-state index in [1.807, 2.05) is 48.8 Å². The Labute approximate surface area is 488 Å². The number of aromatic nitrogens is 4. The highest BCUT2D eigenvalue weighted by atomic mass is 14.8. The maximum atomic E-state index is 5.75. The Kier molecular flexibility index (Phi) is 11.6. The zero-order valence-electron chi connectivity index (χ0n) is 45.8. The van der Waals surface area contributed by atoms with Gasteiger partial charge in [-0.25, -0.2) is 9.97 Å². The summed E-state index contributed by atoms with van der Waals surface area (Å²) in [5, 5.41) is 0. The number of hydrogen-bond donors (Lipinski definition) is 0. The summed E-state index contributed by atoms with van der Waals surface area (Å²) in [5.74, 6) is 0. The van der Waals surface area contributed by atoms with Gasteiger partial charge in [-0.3, -0.25) is 9.97 Å². The zero-order chi connectivity index (χ0) is 55.6. The van der Waals surface area contributed by atoms with Crippen LogP contribution in [0, 0.1) is 0 Å². The number of nitrogens with zero attached hydrogens (tertiary/aromatic N) is 4. The van der Waals surface area contributed by atoms with Gasteiger partial charge in [-0.05, 0) is 138 Å². The Morgan fingerprint density at radius 3 is 0.881 bits per heavy atom. The first-order valence-electron chi connectivity index (χ1n) is 28.8. The fourth-order valence-corrected chi connectivity index (χ4v) is 13.9. The van der Waals surface area contributed by atoms with Crippen LogP contribution in [0.1, 0.15) is 44.5 Å². The van der Waals surface area contributed by atoms with Crippen LogP contribution in [0.2, 0.25) is 0 Å². The number of pyridine rings is 2. The van der Waals surface area contributed by atoms with Crippen molar-refractivity contribution in [1.82, 2.24) is 19.9 Å². The van der Waals surface area contributed by atoms with E-state index in [1.54, 1.807) is 0 Å². The van der Waals surface area contributed by atoms with Gasteiger partial charge in [0.2, 0.25) is 0 Å². The Morgan fingerprint density at radius 2 is 0.524 bits per heavy atom. The Morgan fingerprint density at radius 1 is 0.214 bits per heavy atom. The van der Waals surface area contributed by atoms with Crippen LogP contribution in [0.3, 0.4) is 0 Å². The van der Waals surface area contributed by atoms with Gasteiger partial charge in [0.25, 0.3) is 0 Å². The molecule has 0 saturated carbocycles. The molecule has 2 aliphatic carbocycles. The average Bonchev–Trinajstić information content (AvgIpc) is 1.68. The van der Waals surface area contributed by atoms with E-state index in [0.29, 0.717) is 0 Å². The smallest absolute Gasteiger partial charge is 0.0973 e. The largest absolute Gasteiger partial charge is 0.256 e. The lowest BCUT2D eigenvalue weighted by Gasteiger charge is -2.34. The van der Waals surface area contributed by atoms with E-state index in [0.717, 1.165) is 78.3 Å². The van der Waals surface area contributed by atoms with Gasteiger partial charge < -0.3 is 0 Å². The van der Waals surface area contributed by atoms with Crippen molar-refractivity contribution in [3.05, 3.63) is 360 Å². The fraction of sp³-hybridized carbons (Fsp3) is 0.0250. The highest BCUT2D eigenvalue weighted by molar-refractivity contribution is 5.99. The average molecular weight is 1070 g/mol. The first-order chi connectivity index (χ1) is 41.6. The first kappa shape index (κ1) is 48.9. The molecule has 3 heterocycles. The molecule has 0 spiro atoms. The van der Waals surface area contributed by atoms with Crippen LogP contribution < -0.4 is 0 Å². The van der Waals surface area contributed by atoms with Crippen LogP contribution in [0.15, 0.2) is 316 Å². The van der Waals surface area contributed by atoms with Crippen molar-refractivity contribution >= 4 is 11.0 Å². The van der Waals surface area contributed by atoms with Gasteiger partial charge in [0, 0.05) is 34.6 Å². The maximum Gasteiger partial charge on any atom is 0.0973 e. The highest BCUT2D eigenvalue weighted by Gasteiger charge is 2.48. The van der Waals surface area contributed by atoms with E-state index in [1.165, 1.54) is 66.8 Å². The van der Waals surface area contributed by atoms with Crippen molar-refractivity contribution in [3.8, 4) is 89.5 Å². The van der Waals surface area contributed by atoms with Gasteiger partial charge >= 0.3 is 0 Å². The molecular formula is C80H52N4. The Bertz CT molecular complexity index is 4390. The molecule has 0 amide bonds. The van der Waals surface area contributed by atoms with Crippen LogP contribution in [0.25, 0.3) is 101 Å². The lowest BCUT2D eigenvalue weighted by atomic mass is 9.67. The molecule has 4 nitrogen and oxygen atoms in total. The molecule has 0 aliphatic heterocycles. The van der Waals surface area contributed by atoms with E-state index in [2.05, 4.69) is 277 Å². The maximum absolute atomic E-state index is 5.75. The quantitative estimate of drug-likeness (QED) is 0.137. The van der Waals surface area contributed by atoms with Gasteiger partial charge in [0.15, 0.2) is 0 Å². The molecular weight excluding hydrogens is 1020 g/mol. The van der Waals surface area contributed by atoms with E-state index in [-0.39, 0.29) is 0 Å². The number of fused-ring (bicyclic) bond motifs is 7. The summed E-state index contributed by atoms with van der Waals surface area (Å²) in [4.78, 5) is 20.9. The summed E-state index contributed by atoms with van der Waals surface area (Å²) in [7, 11) is 0. The lowest BCUT2D eigenvalue weighted by Crippen LogP contribution is -2.28. The third-order valence-corrected chi connectivity index (χ3v) is 17.6. The zero-order valence-corrected chi connectivity index (χ0v) is 45.8. The second-order valence-corrected chi connectivity index (χ2v) is 22.0. The molecule has 0 atom stereocenters. The number of hydrogen-bond acceptors (Lipinski definition) is 4. The van der Waals surface area contributed by atoms with Gasteiger partial charge in [-0.2, -0.15) is 0 Å². The van der Waals surface area contributed by atoms with Crippen LogP contribution in [0.4, 0.5) is 0 Å². The summed E-state index contributed by atoms with van der Waals surface area (Å²) in [6, 6.07) is 110. The third-order valence-electron chi connectivity index (χ3n) is 17.6. The Balaban J connectivity index is 0.973. The summed E-state index contributed by atoms with van der Waals surface area (Å²) in [6.45, 7) is 0. The molecule has 4 heteroatoms. The molecule has 0 saturated heterocycles. The van der Waals surface area contributed by atoms with Gasteiger partial charge in [-0.1, -0.05) is 255 Å². The van der Waals surface area contributed by atoms with Crippen molar-refractivity contribution in [2.24, 2.45) is 0 Å². The standard InChI is InChI=1S/C80H52N4/c1-5-21-59(22-6-1)79(60-23-7-2-8-24-60)69-31-15-13-29-63(69)65-45-43-57(49-71(65)79)67-51-75-76(52-68(67)58-44-46-66-64-30-14-16-32-70(64)80(72(66)50-58,61-25-9-3-10-26-61)62-27-11-4-12-28-62)84-78(56-41-37-54(38-42-56)74-34-18-20-48-82-74)77(83-75)55-39-35-53(36-40-55)73-33-17-19-47-81-73/h1-52H. The molecule has 0 radical (unpaired) electrons. The lowest BCUT2D eigenvalue weighted by molar-refractivity contribution is 0.768. The van der Waals surface area contributed by atoms with Crippen LogP contribution in [0.5, 0.6) is 0 Å². The summed E-state index contributed by atoms with van der Waals surface area (Å²) >= 11 is 0. The fourth-order valence-electron chi connectivity index (χ4n) is 13.9. The molecule has 84 heavy (non-hydrogen) atoms. The molecule has 2 aliphatic rings. The van der Waals surface area contributed by atoms with Crippen molar-refractivity contribution in [3.63, 3.8) is 0 Å². The van der Waals surface area contributed by atoms with Gasteiger partial charge in [0.1, 0.15) is 0 Å². The van der Waals surface area contributed by atoms with Crippen molar-refractivity contribution in [1.29, 1.82) is 0 Å². The third kappa shape index (κ3) is 7.68. The number of rotatable bonds is 10. The summed E-state index contributed by atoms with van der Waals surface area (Å²) in [5.41, 5.74) is 27.0. The molecule has 3 aromatic heterocycles. The molecule has 392 valence electrons. The molecule has 0 N–H and O–H groups in total. The molecule has 11 aromatic carbocycles. The highest BCUT2D eigenvalue weighted by Crippen LogP contribution is 2.59.